The molecular weight excluding hydrogens is 340 g/mol. The van der Waals surface area contributed by atoms with Gasteiger partial charge in [0.2, 0.25) is 0 Å². The van der Waals surface area contributed by atoms with Gasteiger partial charge >= 0.3 is 0 Å². The molecule has 0 N–H and O–H groups in total. The van der Waals surface area contributed by atoms with E-state index in [0.29, 0.717) is 13.2 Å². The number of halogens is 1. The highest BCUT2D eigenvalue weighted by Gasteiger charge is 2.21. The number of hydrogen-bond donors (Lipinski definition) is 0. The monoisotopic (exact) mass is 360 g/mol. The highest BCUT2D eigenvalue weighted by molar-refractivity contribution is 6.31. The van der Waals surface area contributed by atoms with Crippen molar-refractivity contribution >= 4 is 17.9 Å². The summed E-state index contributed by atoms with van der Waals surface area (Å²) in [5, 5.41) is 0.726. The normalized spacial score (nSPS) is 16.0. The van der Waals surface area contributed by atoms with Crippen LogP contribution in [0.15, 0.2) is 36.4 Å². The van der Waals surface area contributed by atoms with Crippen LogP contribution >= 0.6 is 11.6 Å². The molecule has 1 heterocycles. The molecule has 1 aliphatic heterocycles. The van der Waals surface area contributed by atoms with Gasteiger partial charge in [0.15, 0.2) is 0 Å². The molecule has 5 heteroatoms. The van der Waals surface area contributed by atoms with Crippen LogP contribution in [0.2, 0.25) is 5.02 Å². The van der Waals surface area contributed by atoms with E-state index >= 15 is 0 Å². The summed E-state index contributed by atoms with van der Waals surface area (Å²) in [5.41, 5.74) is 3.27. The van der Waals surface area contributed by atoms with Gasteiger partial charge in [0.1, 0.15) is 37.6 Å². The molecule has 0 amide bonds. The third kappa shape index (κ3) is 4.33. The number of carbonyl (C=O) groups is 1. The molecule has 132 valence electrons. The van der Waals surface area contributed by atoms with Crippen LogP contribution in [-0.2, 0) is 29.0 Å². The highest BCUT2D eigenvalue weighted by Crippen LogP contribution is 2.31. The van der Waals surface area contributed by atoms with Crippen LogP contribution in [-0.4, -0.2) is 25.6 Å². The first-order valence-corrected chi connectivity index (χ1v) is 8.79. The number of ether oxygens (including phenoxy) is 3. The van der Waals surface area contributed by atoms with Gasteiger partial charge in [-0.2, -0.15) is 0 Å². The van der Waals surface area contributed by atoms with Gasteiger partial charge in [-0.25, -0.2) is 0 Å². The molecule has 1 aliphatic rings. The van der Waals surface area contributed by atoms with E-state index in [1.54, 1.807) is 0 Å². The van der Waals surface area contributed by atoms with E-state index in [-0.39, 0.29) is 12.7 Å². The van der Waals surface area contributed by atoms with Crippen LogP contribution in [0.5, 0.6) is 11.5 Å². The number of aryl methyl sites for hydroxylation is 1. The Hall–Kier alpha value is -2.04. The predicted octanol–water partition coefficient (Wildman–Crippen LogP) is 4.00. The zero-order valence-corrected chi connectivity index (χ0v) is 14.9. The Kier molecular flexibility index (Phi) is 5.95. The summed E-state index contributed by atoms with van der Waals surface area (Å²) in [7, 11) is 0. The van der Waals surface area contributed by atoms with Crippen molar-refractivity contribution < 1.29 is 19.0 Å². The lowest BCUT2D eigenvalue weighted by Gasteiger charge is -2.25. The van der Waals surface area contributed by atoms with Crippen LogP contribution in [0.1, 0.15) is 23.6 Å². The Labute approximate surface area is 152 Å². The molecule has 0 saturated carbocycles. The number of fused-ring (bicyclic) bond motifs is 1. The van der Waals surface area contributed by atoms with Crippen LogP contribution in [0.3, 0.4) is 0 Å². The smallest absolute Gasteiger partial charge is 0.145 e. The van der Waals surface area contributed by atoms with Gasteiger partial charge in [-0.15, -0.1) is 0 Å². The second-order valence-electron chi connectivity index (χ2n) is 5.93. The fourth-order valence-electron chi connectivity index (χ4n) is 2.95. The predicted molar refractivity (Wildman–Crippen MR) is 96.6 cm³/mol. The maximum Gasteiger partial charge on any atom is 0.145 e. The summed E-state index contributed by atoms with van der Waals surface area (Å²) < 4.78 is 17.1. The first-order valence-electron chi connectivity index (χ1n) is 8.41. The standard InChI is InChI=1S/C20H21ClO4/c1-2-14-4-3-5-19(21)18(14)13-24-16-7-6-15-10-17(23-9-8-22)12-25-20(15)11-16/h3-8,11,17H,2,9-10,12-13H2,1H3. The van der Waals surface area contributed by atoms with Crippen molar-refractivity contribution in [3.05, 3.63) is 58.1 Å². The molecule has 4 nitrogen and oxygen atoms in total. The SMILES string of the molecule is CCc1cccc(Cl)c1COc1ccc2c(c1)OCC(OCC=O)C2. The minimum absolute atomic E-state index is 0.0836. The zero-order chi connectivity index (χ0) is 17.6. The first-order chi connectivity index (χ1) is 12.2. The van der Waals surface area contributed by atoms with E-state index < -0.39 is 0 Å². The number of benzene rings is 2. The topological polar surface area (TPSA) is 44.8 Å². The Morgan fingerprint density at radius 3 is 3.00 bits per heavy atom. The van der Waals surface area contributed by atoms with Crippen LogP contribution in [0.25, 0.3) is 0 Å². The molecule has 2 aromatic rings. The number of carbonyl (C=O) groups excluding carboxylic acids is 1. The molecule has 3 rings (SSSR count). The van der Waals surface area contributed by atoms with Gasteiger partial charge in [-0.1, -0.05) is 36.7 Å². The Bertz CT molecular complexity index is 744. The maximum absolute atomic E-state index is 10.4. The van der Waals surface area contributed by atoms with E-state index in [0.717, 1.165) is 46.8 Å². The molecule has 2 aromatic carbocycles. The Morgan fingerprint density at radius 1 is 1.32 bits per heavy atom. The van der Waals surface area contributed by atoms with Crippen LogP contribution in [0.4, 0.5) is 0 Å². The van der Waals surface area contributed by atoms with Gasteiger partial charge in [0, 0.05) is 23.1 Å². The minimum Gasteiger partial charge on any atom is -0.490 e. The maximum atomic E-state index is 10.4. The van der Waals surface area contributed by atoms with Gasteiger partial charge in [0.25, 0.3) is 0 Å². The summed E-state index contributed by atoms with van der Waals surface area (Å²) >= 11 is 6.30. The quantitative estimate of drug-likeness (QED) is 0.700. The summed E-state index contributed by atoms with van der Waals surface area (Å²) in [6.07, 6.45) is 2.31. The molecule has 0 spiro atoms. The summed E-state index contributed by atoms with van der Waals surface area (Å²) in [6, 6.07) is 11.7. The molecule has 0 fully saturated rings. The number of aldehydes is 1. The van der Waals surface area contributed by atoms with Crippen molar-refractivity contribution in [3.8, 4) is 11.5 Å². The van der Waals surface area contributed by atoms with E-state index in [9.17, 15) is 4.79 Å². The summed E-state index contributed by atoms with van der Waals surface area (Å²) in [6.45, 7) is 3.06. The lowest BCUT2D eigenvalue weighted by Crippen LogP contribution is -2.29. The average Bonchev–Trinajstić information content (AvgIpc) is 2.65. The molecule has 1 unspecified atom stereocenters. The number of rotatable bonds is 7. The van der Waals surface area contributed by atoms with Crippen molar-refractivity contribution in [1.82, 2.24) is 0 Å². The molecule has 0 saturated heterocycles. The molecule has 0 aliphatic carbocycles. The van der Waals surface area contributed by atoms with Crippen LogP contribution < -0.4 is 9.47 Å². The van der Waals surface area contributed by atoms with Gasteiger partial charge in [-0.3, -0.25) is 0 Å². The molecule has 0 bridgehead atoms. The second-order valence-corrected chi connectivity index (χ2v) is 6.33. The van der Waals surface area contributed by atoms with Crippen LogP contribution in [0, 0.1) is 0 Å². The Balaban J connectivity index is 1.67. The van der Waals surface area contributed by atoms with Crippen molar-refractivity contribution in [1.29, 1.82) is 0 Å². The molecule has 0 radical (unpaired) electrons. The fourth-order valence-corrected chi connectivity index (χ4v) is 3.20. The third-order valence-corrected chi connectivity index (χ3v) is 4.64. The minimum atomic E-state index is -0.0836. The summed E-state index contributed by atoms with van der Waals surface area (Å²) in [5.74, 6) is 1.55. The lowest BCUT2D eigenvalue weighted by molar-refractivity contribution is -0.114. The van der Waals surface area contributed by atoms with Gasteiger partial charge in [-0.05, 0) is 29.7 Å². The third-order valence-electron chi connectivity index (χ3n) is 4.29. The number of hydrogen-bond acceptors (Lipinski definition) is 4. The molecular formula is C20H21ClO4. The van der Waals surface area contributed by atoms with E-state index in [1.165, 1.54) is 5.56 Å². The first kappa shape index (κ1) is 17.8. The lowest BCUT2D eigenvalue weighted by atomic mass is 10.0. The average molecular weight is 361 g/mol. The molecule has 0 aromatic heterocycles. The Morgan fingerprint density at radius 2 is 2.20 bits per heavy atom. The van der Waals surface area contributed by atoms with Gasteiger partial charge < -0.3 is 19.0 Å². The van der Waals surface area contributed by atoms with Crippen molar-refractivity contribution in [2.45, 2.75) is 32.5 Å². The van der Waals surface area contributed by atoms with E-state index in [4.69, 9.17) is 25.8 Å². The molecule has 25 heavy (non-hydrogen) atoms. The largest absolute Gasteiger partial charge is 0.490 e. The van der Waals surface area contributed by atoms with Crippen molar-refractivity contribution in [2.75, 3.05) is 13.2 Å². The van der Waals surface area contributed by atoms with Gasteiger partial charge in [0.05, 0.1) is 6.10 Å². The summed E-state index contributed by atoms with van der Waals surface area (Å²) in [4.78, 5) is 10.4. The van der Waals surface area contributed by atoms with Crippen molar-refractivity contribution in [2.24, 2.45) is 0 Å². The second kappa shape index (κ2) is 8.37. The van der Waals surface area contributed by atoms with Crippen molar-refractivity contribution in [3.63, 3.8) is 0 Å². The fraction of sp³-hybridized carbons (Fsp3) is 0.350. The van der Waals surface area contributed by atoms with E-state index in [2.05, 4.69) is 13.0 Å². The van der Waals surface area contributed by atoms with E-state index in [1.807, 2.05) is 30.3 Å². The molecule has 1 atom stereocenters. The highest BCUT2D eigenvalue weighted by atomic mass is 35.5. The zero-order valence-electron chi connectivity index (χ0n) is 14.2.